The van der Waals surface area contributed by atoms with Gasteiger partial charge in [0.1, 0.15) is 4.90 Å². The summed E-state index contributed by atoms with van der Waals surface area (Å²) in [5, 5.41) is 13.2. The summed E-state index contributed by atoms with van der Waals surface area (Å²) in [5.41, 5.74) is 1.20. The van der Waals surface area contributed by atoms with Crippen LogP contribution in [-0.4, -0.2) is 47.3 Å². The van der Waals surface area contributed by atoms with E-state index in [2.05, 4.69) is 12.0 Å². The van der Waals surface area contributed by atoms with Crippen molar-refractivity contribution in [1.82, 2.24) is 14.1 Å². The number of aromatic nitrogens is 2. The Morgan fingerprint density at radius 3 is 2.65 bits per heavy atom. The molecule has 1 aromatic rings. The Labute approximate surface area is 120 Å². The van der Waals surface area contributed by atoms with Gasteiger partial charge in [-0.3, -0.25) is 4.68 Å². The van der Waals surface area contributed by atoms with Gasteiger partial charge in [-0.15, -0.1) is 0 Å². The Hall–Kier alpha value is -0.920. The van der Waals surface area contributed by atoms with E-state index < -0.39 is 10.0 Å². The molecular weight excluding hydrogens is 278 g/mol. The molecule has 1 unspecified atom stereocenters. The van der Waals surface area contributed by atoms with Crippen molar-refractivity contribution in [2.75, 3.05) is 19.7 Å². The summed E-state index contributed by atoms with van der Waals surface area (Å²) in [6.07, 6.45) is 1.48. The minimum atomic E-state index is -3.45. The van der Waals surface area contributed by atoms with Crippen LogP contribution in [0.1, 0.15) is 31.2 Å². The van der Waals surface area contributed by atoms with Crippen LogP contribution in [0.5, 0.6) is 0 Å². The van der Waals surface area contributed by atoms with Gasteiger partial charge in [0.2, 0.25) is 10.0 Å². The van der Waals surface area contributed by atoms with Crippen molar-refractivity contribution < 1.29 is 13.5 Å². The highest BCUT2D eigenvalue weighted by Crippen LogP contribution is 2.28. The summed E-state index contributed by atoms with van der Waals surface area (Å²) in [6.45, 7) is 7.37. The van der Waals surface area contributed by atoms with Crippen LogP contribution in [0.4, 0.5) is 0 Å². The number of rotatable bonds is 5. The van der Waals surface area contributed by atoms with Gasteiger partial charge in [-0.2, -0.15) is 9.40 Å². The third-order valence-electron chi connectivity index (χ3n) is 3.83. The fourth-order valence-electron chi connectivity index (χ4n) is 2.73. The highest BCUT2D eigenvalue weighted by molar-refractivity contribution is 7.89. The van der Waals surface area contributed by atoms with Crippen LogP contribution in [0.15, 0.2) is 4.90 Å². The van der Waals surface area contributed by atoms with Crippen LogP contribution >= 0.6 is 0 Å². The summed E-state index contributed by atoms with van der Waals surface area (Å²) in [5.74, 6) is 0.412. The summed E-state index contributed by atoms with van der Waals surface area (Å²) in [6, 6.07) is 0. The number of nitrogens with zero attached hydrogens (tertiary/aromatic N) is 3. The molecule has 1 atom stereocenters. The Kier molecular flexibility index (Phi) is 4.51. The van der Waals surface area contributed by atoms with Crippen molar-refractivity contribution in [1.29, 1.82) is 0 Å². The van der Waals surface area contributed by atoms with Crippen LogP contribution in [0.2, 0.25) is 0 Å². The molecule has 0 bridgehead atoms. The highest BCUT2D eigenvalue weighted by atomic mass is 32.2. The smallest absolute Gasteiger partial charge is 0.246 e. The molecule has 1 aromatic heterocycles. The highest BCUT2D eigenvalue weighted by Gasteiger charge is 2.34. The lowest BCUT2D eigenvalue weighted by Gasteiger charge is -2.16. The van der Waals surface area contributed by atoms with Gasteiger partial charge in [0.05, 0.1) is 11.4 Å². The standard InChI is InChI=1S/C13H23N3O3S/c1-10-5-7-15(9-10)20(18,19)13-11(2)14-16(12(13)3)6-4-8-17/h10,17H,4-9H2,1-3H3. The average Bonchev–Trinajstić information content (AvgIpc) is 2.92. The van der Waals surface area contributed by atoms with E-state index in [9.17, 15) is 8.42 Å². The topological polar surface area (TPSA) is 75.4 Å². The van der Waals surface area contributed by atoms with Crippen molar-refractivity contribution in [2.24, 2.45) is 5.92 Å². The van der Waals surface area contributed by atoms with E-state index in [-0.39, 0.29) is 6.61 Å². The Morgan fingerprint density at radius 2 is 2.10 bits per heavy atom. The Bertz CT molecular complexity index is 580. The number of aliphatic hydroxyl groups is 1. The maximum absolute atomic E-state index is 12.7. The van der Waals surface area contributed by atoms with Crippen LogP contribution in [0, 0.1) is 19.8 Å². The molecule has 1 N–H and O–H groups in total. The van der Waals surface area contributed by atoms with E-state index in [1.165, 1.54) is 0 Å². The number of aryl methyl sites for hydroxylation is 2. The van der Waals surface area contributed by atoms with Gasteiger partial charge >= 0.3 is 0 Å². The van der Waals surface area contributed by atoms with E-state index in [1.807, 2.05) is 0 Å². The van der Waals surface area contributed by atoms with Crippen molar-refractivity contribution in [3.05, 3.63) is 11.4 Å². The molecule has 0 amide bonds. The van der Waals surface area contributed by atoms with Gasteiger partial charge in [0, 0.05) is 26.2 Å². The summed E-state index contributed by atoms with van der Waals surface area (Å²) in [7, 11) is -3.45. The molecule has 0 aliphatic carbocycles. The first kappa shape index (κ1) is 15.5. The van der Waals surface area contributed by atoms with Crippen LogP contribution in [0.25, 0.3) is 0 Å². The summed E-state index contributed by atoms with van der Waals surface area (Å²) < 4.78 is 28.7. The molecule has 1 aliphatic rings. The molecule has 7 heteroatoms. The maximum atomic E-state index is 12.7. The summed E-state index contributed by atoms with van der Waals surface area (Å²) >= 11 is 0. The fraction of sp³-hybridized carbons (Fsp3) is 0.769. The lowest BCUT2D eigenvalue weighted by molar-refractivity contribution is 0.276. The Balaban J connectivity index is 2.34. The predicted molar refractivity (Wildman–Crippen MR) is 75.9 cm³/mol. The minimum Gasteiger partial charge on any atom is -0.396 e. The van der Waals surface area contributed by atoms with E-state index >= 15 is 0 Å². The zero-order chi connectivity index (χ0) is 14.9. The minimum absolute atomic E-state index is 0.0735. The SMILES string of the molecule is Cc1nn(CCCO)c(C)c1S(=O)(=O)N1CCC(C)C1. The molecule has 6 nitrogen and oxygen atoms in total. The number of aliphatic hydroxyl groups excluding tert-OH is 1. The van der Waals surface area contributed by atoms with Gasteiger partial charge < -0.3 is 5.11 Å². The number of hydrogen-bond donors (Lipinski definition) is 1. The number of sulfonamides is 1. The van der Waals surface area contributed by atoms with Gasteiger partial charge in [-0.05, 0) is 32.6 Å². The zero-order valence-electron chi connectivity index (χ0n) is 12.3. The molecule has 114 valence electrons. The van der Waals surface area contributed by atoms with Crippen molar-refractivity contribution in [2.45, 2.75) is 45.1 Å². The normalized spacial score (nSPS) is 20.7. The fourth-order valence-corrected chi connectivity index (χ4v) is 4.68. The molecule has 2 heterocycles. The molecular formula is C13H23N3O3S. The first-order valence-corrected chi connectivity index (χ1v) is 8.47. The van der Waals surface area contributed by atoms with Crippen LogP contribution in [-0.2, 0) is 16.6 Å². The third-order valence-corrected chi connectivity index (χ3v) is 5.95. The van der Waals surface area contributed by atoms with Crippen molar-refractivity contribution in [3.8, 4) is 0 Å². The second-order valence-corrected chi connectivity index (χ2v) is 7.43. The molecule has 0 spiro atoms. The van der Waals surface area contributed by atoms with Gasteiger partial charge in [0.25, 0.3) is 0 Å². The molecule has 1 saturated heterocycles. The second kappa shape index (κ2) is 5.83. The van der Waals surface area contributed by atoms with Crippen LogP contribution < -0.4 is 0 Å². The lowest BCUT2D eigenvalue weighted by atomic mass is 10.2. The Morgan fingerprint density at radius 1 is 1.40 bits per heavy atom. The monoisotopic (exact) mass is 301 g/mol. The summed E-state index contributed by atoms with van der Waals surface area (Å²) in [4.78, 5) is 0.338. The van der Waals surface area contributed by atoms with E-state index in [0.717, 1.165) is 6.42 Å². The van der Waals surface area contributed by atoms with E-state index in [0.29, 0.717) is 48.3 Å². The number of hydrogen-bond acceptors (Lipinski definition) is 4. The first-order chi connectivity index (χ1) is 9.37. The average molecular weight is 301 g/mol. The lowest BCUT2D eigenvalue weighted by Crippen LogP contribution is -2.29. The zero-order valence-corrected chi connectivity index (χ0v) is 13.2. The largest absolute Gasteiger partial charge is 0.396 e. The van der Waals surface area contributed by atoms with Crippen molar-refractivity contribution >= 4 is 10.0 Å². The molecule has 1 fully saturated rings. The van der Waals surface area contributed by atoms with Crippen LogP contribution in [0.3, 0.4) is 0 Å². The van der Waals surface area contributed by atoms with E-state index in [4.69, 9.17) is 5.11 Å². The predicted octanol–water partition coefficient (Wildman–Crippen LogP) is 0.913. The third kappa shape index (κ3) is 2.75. The molecule has 2 rings (SSSR count). The quantitative estimate of drug-likeness (QED) is 0.877. The van der Waals surface area contributed by atoms with Gasteiger partial charge in [-0.25, -0.2) is 8.42 Å². The molecule has 0 aromatic carbocycles. The van der Waals surface area contributed by atoms with Gasteiger partial charge in [-0.1, -0.05) is 6.92 Å². The molecule has 20 heavy (non-hydrogen) atoms. The van der Waals surface area contributed by atoms with Gasteiger partial charge in [0.15, 0.2) is 0 Å². The first-order valence-electron chi connectivity index (χ1n) is 7.03. The second-order valence-electron chi connectivity index (χ2n) is 5.56. The molecule has 0 radical (unpaired) electrons. The maximum Gasteiger partial charge on any atom is 0.246 e. The molecule has 1 aliphatic heterocycles. The van der Waals surface area contributed by atoms with E-state index in [1.54, 1.807) is 22.8 Å². The van der Waals surface area contributed by atoms with Crippen molar-refractivity contribution in [3.63, 3.8) is 0 Å². The molecule has 0 saturated carbocycles.